The summed E-state index contributed by atoms with van der Waals surface area (Å²) in [5.41, 5.74) is 2.01. The van der Waals surface area contributed by atoms with Gasteiger partial charge in [-0.1, -0.05) is 6.08 Å². The summed E-state index contributed by atoms with van der Waals surface area (Å²) in [6.45, 7) is 4.74. The zero-order chi connectivity index (χ0) is 25.7. The third kappa shape index (κ3) is 4.95. The van der Waals surface area contributed by atoms with Gasteiger partial charge in [-0.15, -0.1) is 0 Å². The first kappa shape index (κ1) is 25.0. The molecule has 194 valence electrons. The van der Waals surface area contributed by atoms with E-state index in [1.54, 1.807) is 12.5 Å². The quantitative estimate of drug-likeness (QED) is 0.570. The van der Waals surface area contributed by atoms with Crippen molar-refractivity contribution in [3.63, 3.8) is 0 Å². The molecule has 0 bridgehead atoms. The predicted octanol–water partition coefficient (Wildman–Crippen LogP) is 3.85. The number of halogens is 3. The molecule has 0 saturated carbocycles. The molecule has 5 heterocycles. The molecule has 0 aliphatic carbocycles. The number of aromatic nitrogens is 3. The molecule has 0 radical (unpaired) electrons. The van der Waals surface area contributed by atoms with Gasteiger partial charge in [-0.05, 0) is 43.7 Å². The third-order valence-electron chi connectivity index (χ3n) is 7.49. The van der Waals surface area contributed by atoms with Gasteiger partial charge in [-0.3, -0.25) is 9.19 Å². The van der Waals surface area contributed by atoms with Crippen LogP contribution >= 0.6 is 0 Å². The summed E-state index contributed by atoms with van der Waals surface area (Å²) in [6, 6.07) is 2.11. The molecule has 0 N–H and O–H groups in total. The van der Waals surface area contributed by atoms with E-state index in [4.69, 9.17) is 4.74 Å². The molecule has 7 nitrogen and oxygen atoms in total. The lowest BCUT2D eigenvalue weighted by Crippen LogP contribution is -2.46. The molecule has 1 unspecified atom stereocenters. The lowest BCUT2D eigenvalue weighted by Gasteiger charge is -2.40. The number of alkyl halides is 3. The maximum Gasteiger partial charge on any atom is 0.419 e. The van der Waals surface area contributed by atoms with Gasteiger partial charge >= 0.3 is 6.18 Å². The largest absolute Gasteiger partial charge is 0.485 e. The van der Waals surface area contributed by atoms with Crippen molar-refractivity contribution in [2.45, 2.75) is 44.4 Å². The highest BCUT2D eigenvalue weighted by Gasteiger charge is 2.44. The van der Waals surface area contributed by atoms with Crippen LogP contribution in [0.5, 0.6) is 5.75 Å². The van der Waals surface area contributed by atoms with E-state index in [9.17, 15) is 17.4 Å². The zero-order valence-electron chi connectivity index (χ0n) is 20.4. The Hall–Kier alpha value is -2.66. The van der Waals surface area contributed by atoms with E-state index in [1.165, 1.54) is 0 Å². The predicted molar refractivity (Wildman–Crippen MR) is 134 cm³/mol. The van der Waals surface area contributed by atoms with Crippen LogP contribution < -0.4 is 9.64 Å². The van der Waals surface area contributed by atoms with Gasteiger partial charge < -0.3 is 9.64 Å². The Morgan fingerprint density at radius 3 is 2.42 bits per heavy atom. The summed E-state index contributed by atoms with van der Waals surface area (Å²) >= 11 is 0. The van der Waals surface area contributed by atoms with Gasteiger partial charge in [0.2, 0.25) is 5.95 Å². The number of rotatable bonds is 4. The molecular weight excluding hydrogens is 491 g/mol. The standard InChI is InChI=1S/C25H30F3N5O2S/c1-24(19-6-8-32(9-7-19)23-30-14-20(15-31-23)25(26,27)28)13-18-12-21(29-16-22(18)35-24)17-4-10-33(11-5-17)36(2,3)34/h4,12,14-16,19H,2,5-11,13H2,1,3H3/t24-,36?/m0/s1. The van der Waals surface area contributed by atoms with Gasteiger partial charge in [0.05, 0.1) is 17.5 Å². The lowest BCUT2D eigenvalue weighted by molar-refractivity contribution is -0.138. The molecule has 2 aromatic rings. The first-order chi connectivity index (χ1) is 16.9. The maximum absolute atomic E-state index is 12.8. The van der Waals surface area contributed by atoms with Crippen LogP contribution in [-0.2, 0) is 22.3 Å². The SMILES string of the molecule is C=S(C)(=O)N1CC=C(c2cc3c(cn2)O[C@](C)(C2CCN(c4ncc(C(F)(F)F)cn4)CC2)C3)CC1. The van der Waals surface area contributed by atoms with E-state index in [0.717, 1.165) is 60.7 Å². The Bertz CT molecular complexity index is 1270. The molecule has 5 rings (SSSR count). The molecule has 1 fully saturated rings. The number of piperidine rings is 1. The van der Waals surface area contributed by atoms with Crippen LogP contribution in [0.4, 0.5) is 19.1 Å². The zero-order valence-corrected chi connectivity index (χ0v) is 21.2. The van der Waals surface area contributed by atoms with Crippen LogP contribution in [0, 0.1) is 5.92 Å². The van der Waals surface area contributed by atoms with Gasteiger partial charge in [0.15, 0.2) is 0 Å². The van der Waals surface area contributed by atoms with E-state index in [-0.39, 0.29) is 11.5 Å². The van der Waals surface area contributed by atoms with Crippen molar-refractivity contribution in [1.29, 1.82) is 0 Å². The minimum Gasteiger partial charge on any atom is -0.485 e. The van der Waals surface area contributed by atoms with Crippen molar-refractivity contribution in [3.05, 3.63) is 47.6 Å². The van der Waals surface area contributed by atoms with Crippen molar-refractivity contribution < 1.29 is 22.1 Å². The van der Waals surface area contributed by atoms with Crippen LogP contribution in [-0.4, -0.2) is 67.4 Å². The average molecular weight is 522 g/mol. The number of nitrogens with zero attached hydrogens (tertiary/aromatic N) is 5. The Morgan fingerprint density at radius 1 is 1.14 bits per heavy atom. The second kappa shape index (κ2) is 9.02. The molecule has 0 spiro atoms. The summed E-state index contributed by atoms with van der Waals surface area (Å²) in [7, 11) is -2.21. The second-order valence-corrected chi connectivity index (χ2v) is 12.6. The summed E-state index contributed by atoms with van der Waals surface area (Å²) in [6.07, 6.45) is 6.01. The van der Waals surface area contributed by atoms with Crippen molar-refractivity contribution in [1.82, 2.24) is 19.3 Å². The summed E-state index contributed by atoms with van der Waals surface area (Å²) in [4.78, 5) is 14.5. The van der Waals surface area contributed by atoms with Gasteiger partial charge in [0, 0.05) is 72.4 Å². The molecule has 3 aliphatic heterocycles. The topological polar surface area (TPSA) is 71.5 Å². The van der Waals surface area contributed by atoms with Crippen LogP contribution in [0.15, 0.2) is 30.7 Å². The highest BCUT2D eigenvalue weighted by molar-refractivity contribution is 7.97. The Kier molecular flexibility index (Phi) is 6.27. The van der Waals surface area contributed by atoms with Crippen LogP contribution in [0.2, 0.25) is 0 Å². The molecule has 1 saturated heterocycles. The monoisotopic (exact) mass is 521 g/mol. The van der Waals surface area contributed by atoms with Crippen molar-refractivity contribution in [2.24, 2.45) is 5.92 Å². The molecule has 2 aromatic heterocycles. The molecule has 36 heavy (non-hydrogen) atoms. The fourth-order valence-electron chi connectivity index (χ4n) is 5.34. The highest BCUT2D eigenvalue weighted by Crippen LogP contribution is 2.43. The molecule has 2 atom stereocenters. The van der Waals surface area contributed by atoms with E-state index >= 15 is 0 Å². The minimum absolute atomic E-state index is 0.288. The van der Waals surface area contributed by atoms with Crippen LogP contribution in [0.25, 0.3) is 5.57 Å². The van der Waals surface area contributed by atoms with Crippen LogP contribution in [0.3, 0.4) is 0 Å². The number of anilines is 1. The van der Waals surface area contributed by atoms with E-state index in [1.807, 2.05) is 9.21 Å². The summed E-state index contributed by atoms with van der Waals surface area (Å²) in [5.74, 6) is 5.20. The van der Waals surface area contributed by atoms with Gasteiger partial charge in [-0.25, -0.2) is 14.3 Å². The number of fused-ring (bicyclic) bond motifs is 1. The Balaban J connectivity index is 1.22. The fraction of sp³-hybridized carbons (Fsp3) is 0.520. The minimum atomic E-state index is -4.44. The summed E-state index contributed by atoms with van der Waals surface area (Å²) in [5, 5.41) is 0. The number of pyridine rings is 1. The van der Waals surface area contributed by atoms with Crippen molar-refractivity contribution >= 4 is 27.1 Å². The normalized spacial score (nSPS) is 25.1. The number of ether oxygens (including phenoxy) is 1. The Labute approximate surface area is 209 Å². The smallest absolute Gasteiger partial charge is 0.419 e. The molecular formula is C25H30F3N5O2S. The molecule has 11 heteroatoms. The number of hydrogen-bond donors (Lipinski definition) is 0. The first-order valence-corrected chi connectivity index (χ1v) is 14.1. The van der Waals surface area contributed by atoms with Crippen molar-refractivity contribution in [2.75, 3.05) is 37.3 Å². The maximum atomic E-state index is 12.8. The van der Waals surface area contributed by atoms with Gasteiger partial charge in [0.1, 0.15) is 11.4 Å². The lowest BCUT2D eigenvalue weighted by atomic mass is 9.79. The van der Waals surface area contributed by atoms with Gasteiger partial charge in [0.25, 0.3) is 0 Å². The fourth-order valence-corrected chi connectivity index (χ4v) is 6.21. The van der Waals surface area contributed by atoms with E-state index in [0.29, 0.717) is 32.1 Å². The second-order valence-electron chi connectivity index (χ2n) is 10.1. The Morgan fingerprint density at radius 2 is 1.83 bits per heavy atom. The van der Waals surface area contributed by atoms with Crippen molar-refractivity contribution in [3.8, 4) is 5.75 Å². The third-order valence-corrected chi connectivity index (χ3v) is 8.91. The van der Waals surface area contributed by atoms with E-state index < -0.39 is 21.4 Å². The molecule has 0 amide bonds. The average Bonchev–Trinajstić information content (AvgIpc) is 3.20. The summed E-state index contributed by atoms with van der Waals surface area (Å²) < 4.78 is 58.9. The van der Waals surface area contributed by atoms with Crippen LogP contribution in [0.1, 0.15) is 43.0 Å². The first-order valence-electron chi connectivity index (χ1n) is 12.0. The van der Waals surface area contributed by atoms with E-state index in [2.05, 4.69) is 39.9 Å². The number of hydrogen-bond acceptors (Lipinski definition) is 6. The van der Waals surface area contributed by atoms with Gasteiger partial charge in [-0.2, -0.15) is 13.2 Å². The highest BCUT2D eigenvalue weighted by atomic mass is 32.2. The molecule has 0 aromatic carbocycles. The molecule has 3 aliphatic rings.